The van der Waals surface area contributed by atoms with Gasteiger partial charge in [-0.3, -0.25) is 4.79 Å². The molecule has 0 aliphatic carbocycles. The first-order valence-corrected chi connectivity index (χ1v) is 4.92. The standard InChI is InChI=1S/C11H11FN2O2/c1-3-9-13-10-7(11(15)14-9)4-6(12)5-8(10)16-2/h4-5H,3H2,1-2H3,(H,13,14,15). The molecule has 16 heavy (non-hydrogen) atoms. The highest BCUT2D eigenvalue weighted by Gasteiger charge is 2.10. The number of rotatable bonds is 2. The van der Waals surface area contributed by atoms with Crippen LogP contribution in [0.4, 0.5) is 4.39 Å². The van der Waals surface area contributed by atoms with Gasteiger partial charge in [0.05, 0.1) is 12.5 Å². The van der Waals surface area contributed by atoms with Crippen molar-refractivity contribution in [1.29, 1.82) is 0 Å². The number of hydrogen-bond acceptors (Lipinski definition) is 3. The first-order chi connectivity index (χ1) is 7.65. The molecule has 0 saturated heterocycles. The van der Waals surface area contributed by atoms with E-state index in [0.29, 0.717) is 17.8 Å². The molecule has 0 aliphatic rings. The molecular formula is C11H11FN2O2. The summed E-state index contributed by atoms with van der Waals surface area (Å²) in [4.78, 5) is 18.5. The van der Waals surface area contributed by atoms with Crippen LogP contribution in [-0.4, -0.2) is 17.1 Å². The average molecular weight is 222 g/mol. The fourth-order valence-corrected chi connectivity index (χ4v) is 1.55. The first-order valence-electron chi connectivity index (χ1n) is 4.92. The van der Waals surface area contributed by atoms with Crippen molar-refractivity contribution in [2.75, 3.05) is 7.11 Å². The summed E-state index contributed by atoms with van der Waals surface area (Å²) in [5.74, 6) is 0.319. The van der Waals surface area contributed by atoms with E-state index in [2.05, 4.69) is 9.97 Å². The summed E-state index contributed by atoms with van der Waals surface area (Å²) in [6.07, 6.45) is 0.603. The molecule has 0 aliphatic heterocycles. The predicted octanol–water partition coefficient (Wildman–Crippen LogP) is 1.63. The molecule has 1 N–H and O–H groups in total. The monoisotopic (exact) mass is 222 g/mol. The van der Waals surface area contributed by atoms with Crippen LogP contribution in [0.2, 0.25) is 0 Å². The number of benzene rings is 1. The number of halogens is 1. The first kappa shape index (κ1) is 10.6. The number of aryl methyl sites for hydroxylation is 1. The maximum absolute atomic E-state index is 13.2. The molecule has 0 spiro atoms. The zero-order valence-electron chi connectivity index (χ0n) is 9.00. The Morgan fingerprint density at radius 2 is 2.25 bits per heavy atom. The van der Waals surface area contributed by atoms with Gasteiger partial charge in [0.2, 0.25) is 0 Å². The van der Waals surface area contributed by atoms with Crippen molar-refractivity contribution in [2.45, 2.75) is 13.3 Å². The Balaban J connectivity index is 2.89. The minimum atomic E-state index is -0.513. The lowest BCUT2D eigenvalue weighted by Gasteiger charge is -2.05. The third-order valence-electron chi connectivity index (χ3n) is 2.34. The zero-order valence-corrected chi connectivity index (χ0v) is 9.00. The maximum Gasteiger partial charge on any atom is 0.259 e. The van der Waals surface area contributed by atoms with Gasteiger partial charge in [0.1, 0.15) is 22.9 Å². The molecule has 0 fully saturated rings. The minimum absolute atomic E-state index is 0.203. The van der Waals surface area contributed by atoms with Crippen LogP contribution in [0.25, 0.3) is 10.9 Å². The van der Waals surface area contributed by atoms with Crippen LogP contribution >= 0.6 is 0 Å². The van der Waals surface area contributed by atoms with E-state index in [0.717, 1.165) is 6.07 Å². The molecule has 1 heterocycles. The number of hydrogen-bond donors (Lipinski definition) is 1. The molecule has 0 radical (unpaired) electrons. The molecule has 1 aromatic carbocycles. The van der Waals surface area contributed by atoms with E-state index in [4.69, 9.17) is 4.74 Å². The third-order valence-corrected chi connectivity index (χ3v) is 2.34. The summed E-state index contributed by atoms with van der Waals surface area (Å²) in [5, 5.41) is 0.203. The lowest BCUT2D eigenvalue weighted by molar-refractivity contribution is 0.415. The quantitative estimate of drug-likeness (QED) is 0.840. The van der Waals surface area contributed by atoms with Crippen molar-refractivity contribution < 1.29 is 9.13 Å². The molecule has 0 unspecified atom stereocenters. The van der Waals surface area contributed by atoms with Crippen LogP contribution in [0.1, 0.15) is 12.7 Å². The molecule has 0 atom stereocenters. The number of fused-ring (bicyclic) bond motifs is 1. The van der Waals surface area contributed by atoms with E-state index < -0.39 is 5.82 Å². The second-order valence-corrected chi connectivity index (χ2v) is 3.37. The number of H-pyrrole nitrogens is 1. The van der Waals surface area contributed by atoms with Crippen LogP contribution in [0.3, 0.4) is 0 Å². The minimum Gasteiger partial charge on any atom is -0.494 e. The SMILES string of the molecule is CCc1nc2c(OC)cc(F)cc2c(=O)[nH]1. The molecule has 2 rings (SSSR count). The molecule has 0 saturated carbocycles. The predicted molar refractivity (Wildman–Crippen MR) is 58.3 cm³/mol. The van der Waals surface area contributed by atoms with Crippen molar-refractivity contribution in [1.82, 2.24) is 9.97 Å². The molecule has 2 aromatic rings. The van der Waals surface area contributed by atoms with Crippen LogP contribution in [-0.2, 0) is 6.42 Å². The van der Waals surface area contributed by atoms with Gasteiger partial charge in [0.15, 0.2) is 0 Å². The van der Waals surface area contributed by atoms with Gasteiger partial charge in [0.25, 0.3) is 5.56 Å². The Morgan fingerprint density at radius 1 is 1.50 bits per heavy atom. The average Bonchev–Trinajstić information content (AvgIpc) is 2.28. The molecule has 4 nitrogen and oxygen atoms in total. The number of aromatic nitrogens is 2. The lowest BCUT2D eigenvalue weighted by Crippen LogP contribution is -2.12. The molecular weight excluding hydrogens is 211 g/mol. The molecule has 5 heteroatoms. The van der Waals surface area contributed by atoms with E-state index in [9.17, 15) is 9.18 Å². The van der Waals surface area contributed by atoms with Gasteiger partial charge in [-0.1, -0.05) is 6.92 Å². The van der Waals surface area contributed by atoms with Gasteiger partial charge in [-0.15, -0.1) is 0 Å². The van der Waals surface area contributed by atoms with E-state index in [1.54, 1.807) is 0 Å². The second kappa shape index (κ2) is 3.92. The van der Waals surface area contributed by atoms with Gasteiger partial charge in [-0.2, -0.15) is 0 Å². The second-order valence-electron chi connectivity index (χ2n) is 3.37. The molecule has 0 amide bonds. The van der Waals surface area contributed by atoms with Crippen LogP contribution in [0.5, 0.6) is 5.75 Å². The summed E-state index contributed by atoms with van der Waals surface area (Å²) < 4.78 is 18.2. The van der Waals surface area contributed by atoms with E-state index in [-0.39, 0.29) is 16.7 Å². The fourth-order valence-electron chi connectivity index (χ4n) is 1.55. The largest absolute Gasteiger partial charge is 0.494 e. The molecule has 1 aromatic heterocycles. The Bertz CT molecular complexity index is 592. The number of ether oxygens (including phenoxy) is 1. The lowest BCUT2D eigenvalue weighted by atomic mass is 10.2. The molecule has 84 valence electrons. The van der Waals surface area contributed by atoms with E-state index in [1.807, 2.05) is 6.92 Å². The summed E-state index contributed by atoms with van der Waals surface area (Å²) in [5.41, 5.74) is 0.0455. The summed E-state index contributed by atoms with van der Waals surface area (Å²) in [6.45, 7) is 1.88. The Labute approximate surface area is 91.1 Å². The summed E-state index contributed by atoms with van der Waals surface area (Å²) in [6, 6.07) is 2.37. The smallest absolute Gasteiger partial charge is 0.259 e. The number of nitrogens with one attached hydrogen (secondary N) is 1. The summed E-state index contributed by atoms with van der Waals surface area (Å²) >= 11 is 0. The van der Waals surface area contributed by atoms with Gasteiger partial charge in [0, 0.05) is 12.5 Å². The van der Waals surface area contributed by atoms with Crippen molar-refractivity contribution >= 4 is 10.9 Å². The Hall–Kier alpha value is -1.91. The van der Waals surface area contributed by atoms with Gasteiger partial charge in [-0.05, 0) is 6.07 Å². The van der Waals surface area contributed by atoms with Crippen LogP contribution in [0.15, 0.2) is 16.9 Å². The van der Waals surface area contributed by atoms with E-state index >= 15 is 0 Å². The number of aromatic amines is 1. The van der Waals surface area contributed by atoms with Crippen LogP contribution < -0.4 is 10.3 Å². The van der Waals surface area contributed by atoms with Crippen molar-refractivity contribution in [3.8, 4) is 5.75 Å². The summed E-state index contributed by atoms with van der Waals surface area (Å²) in [7, 11) is 1.42. The Kier molecular flexibility index (Phi) is 2.60. The maximum atomic E-state index is 13.2. The van der Waals surface area contributed by atoms with Gasteiger partial charge in [-0.25, -0.2) is 9.37 Å². The van der Waals surface area contributed by atoms with Crippen molar-refractivity contribution in [3.63, 3.8) is 0 Å². The van der Waals surface area contributed by atoms with Crippen molar-refractivity contribution in [2.24, 2.45) is 0 Å². The normalized spacial score (nSPS) is 10.7. The highest BCUT2D eigenvalue weighted by molar-refractivity contribution is 5.83. The highest BCUT2D eigenvalue weighted by Crippen LogP contribution is 2.22. The Morgan fingerprint density at radius 3 is 2.88 bits per heavy atom. The topological polar surface area (TPSA) is 55.0 Å². The van der Waals surface area contributed by atoms with Crippen molar-refractivity contribution in [3.05, 3.63) is 34.1 Å². The fraction of sp³-hybridized carbons (Fsp3) is 0.273. The third kappa shape index (κ3) is 1.64. The van der Waals surface area contributed by atoms with Crippen LogP contribution in [0, 0.1) is 5.82 Å². The number of nitrogens with zero attached hydrogens (tertiary/aromatic N) is 1. The highest BCUT2D eigenvalue weighted by atomic mass is 19.1. The van der Waals surface area contributed by atoms with Gasteiger partial charge >= 0.3 is 0 Å². The van der Waals surface area contributed by atoms with Gasteiger partial charge < -0.3 is 9.72 Å². The number of methoxy groups -OCH3 is 1. The zero-order chi connectivity index (χ0) is 11.7. The van der Waals surface area contributed by atoms with E-state index in [1.165, 1.54) is 13.2 Å². The molecule has 0 bridgehead atoms.